The van der Waals surface area contributed by atoms with E-state index in [4.69, 9.17) is 4.42 Å². The molecule has 2 heterocycles. The van der Waals surface area contributed by atoms with Crippen LogP contribution in [0.25, 0.3) is 22.1 Å². The van der Waals surface area contributed by atoms with Crippen LogP contribution in [0.1, 0.15) is 10.5 Å². The monoisotopic (exact) mass is 277 g/mol. The molecule has 0 aliphatic carbocycles. The first-order valence-electron chi connectivity index (χ1n) is 4.84. The van der Waals surface area contributed by atoms with Gasteiger partial charge in [-0.25, -0.2) is 0 Å². The second-order valence-corrected chi connectivity index (χ2v) is 4.54. The minimum Gasteiger partial charge on any atom is -0.438 e. The Morgan fingerprint density at radius 1 is 1.38 bits per heavy atom. The van der Waals surface area contributed by atoms with Gasteiger partial charge in [0.2, 0.25) is 5.71 Å². The van der Waals surface area contributed by atoms with Crippen molar-refractivity contribution in [3.63, 3.8) is 0 Å². The van der Waals surface area contributed by atoms with E-state index < -0.39 is 0 Å². The van der Waals surface area contributed by atoms with Crippen LogP contribution < -0.4 is 0 Å². The number of furan rings is 1. The molecule has 0 N–H and O–H groups in total. The molecule has 0 saturated carbocycles. The molecule has 0 bridgehead atoms. The van der Waals surface area contributed by atoms with Crippen molar-refractivity contribution < 1.29 is 9.21 Å². The second kappa shape index (κ2) is 3.22. The molecule has 2 aromatic heterocycles. The zero-order valence-electron chi connectivity index (χ0n) is 8.53. The summed E-state index contributed by atoms with van der Waals surface area (Å²) in [5.41, 5.74) is 2.17. The highest BCUT2D eigenvalue weighted by molar-refractivity contribution is 9.10. The largest absolute Gasteiger partial charge is 0.438 e. The average Bonchev–Trinajstić information content (AvgIpc) is 2.78. The van der Waals surface area contributed by atoms with E-state index in [9.17, 15) is 4.79 Å². The average molecular weight is 278 g/mol. The fourth-order valence-electron chi connectivity index (χ4n) is 1.96. The van der Waals surface area contributed by atoms with Crippen LogP contribution in [0.4, 0.5) is 0 Å². The van der Waals surface area contributed by atoms with E-state index >= 15 is 0 Å². The molecule has 1 aromatic carbocycles. The van der Waals surface area contributed by atoms with Gasteiger partial charge in [0.25, 0.3) is 0 Å². The number of carbonyl (C=O) groups is 1. The highest BCUT2D eigenvalue weighted by Crippen LogP contribution is 2.34. The fraction of sp³-hybridized carbons (Fsp3) is 0.0833. The number of aromatic nitrogens is 1. The lowest BCUT2D eigenvalue weighted by molar-refractivity contribution is 0.111. The maximum Gasteiger partial charge on any atom is 0.208 e. The topological polar surface area (TPSA) is 35.1 Å². The first kappa shape index (κ1) is 9.66. The zero-order chi connectivity index (χ0) is 11.3. The number of para-hydroxylation sites is 1. The number of halogens is 1. The molecule has 3 nitrogen and oxygen atoms in total. The van der Waals surface area contributed by atoms with E-state index in [2.05, 4.69) is 15.9 Å². The van der Waals surface area contributed by atoms with Gasteiger partial charge in [-0.3, -0.25) is 4.79 Å². The Hall–Kier alpha value is -1.55. The summed E-state index contributed by atoms with van der Waals surface area (Å²) in [6, 6.07) is 7.72. The fourth-order valence-corrected chi connectivity index (χ4v) is 2.40. The van der Waals surface area contributed by atoms with Crippen LogP contribution in [0, 0.1) is 0 Å². The Balaban J connectivity index is 2.55. The van der Waals surface area contributed by atoms with Crippen molar-refractivity contribution >= 4 is 44.3 Å². The van der Waals surface area contributed by atoms with E-state index in [1.165, 1.54) is 0 Å². The molecule has 0 spiro atoms. The lowest BCUT2D eigenvalue weighted by Gasteiger charge is -1.94. The molecule has 0 fully saturated rings. The third kappa shape index (κ3) is 1.10. The van der Waals surface area contributed by atoms with Gasteiger partial charge in [0, 0.05) is 17.8 Å². The molecular formula is C12H8BrNO2. The van der Waals surface area contributed by atoms with Crippen molar-refractivity contribution in [2.75, 3.05) is 0 Å². The number of hydrogen-bond donors (Lipinski definition) is 0. The Labute approximate surface area is 99.8 Å². The van der Waals surface area contributed by atoms with Crippen LogP contribution in [-0.4, -0.2) is 10.9 Å². The lowest BCUT2D eigenvalue weighted by Crippen LogP contribution is -1.92. The number of hydrogen-bond acceptors (Lipinski definition) is 2. The van der Waals surface area contributed by atoms with Crippen LogP contribution in [0.2, 0.25) is 0 Å². The number of benzene rings is 1. The number of fused-ring (bicyclic) bond motifs is 3. The number of nitrogens with zero attached hydrogens (tertiary/aromatic N) is 1. The second-order valence-electron chi connectivity index (χ2n) is 3.68. The van der Waals surface area contributed by atoms with Crippen LogP contribution in [0.3, 0.4) is 0 Å². The van der Waals surface area contributed by atoms with Gasteiger partial charge in [0.15, 0.2) is 11.9 Å². The van der Waals surface area contributed by atoms with Crippen LogP contribution in [-0.2, 0) is 7.05 Å². The molecule has 0 aliphatic heterocycles. The Morgan fingerprint density at radius 2 is 2.19 bits per heavy atom. The van der Waals surface area contributed by atoms with Crippen LogP contribution in [0.15, 0.2) is 33.2 Å². The first-order chi connectivity index (χ1) is 7.72. The summed E-state index contributed by atoms with van der Waals surface area (Å²) in [6.45, 7) is 0. The summed E-state index contributed by atoms with van der Waals surface area (Å²) < 4.78 is 8.44. The predicted octanol–water partition coefficient (Wildman–Crippen LogP) is 3.50. The van der Waals surface area contributed by atoms with E-state index in [1.807, 2.05) is 31.3 Å². The third-order valence-electron chi connectivity index (χ3n) is 2.79. The molecule has 3 rings (SSSR count). The number of rotatable bonds is 1. The van der Waals surface area contributed by atoms with Crippen molar-refractivity contribution in [2.45, 2.75) is 0 Å². The van der Waals surface area contributed by atoms with Gasteiger partial charge in [-0.05, 0) is 28.1 Å². The molecule has 0 atom stereocenters. The zero-order valence-corrected chi connectivity index (χ0v) is 10.1. The van der Waals surface area contributed by atoms with Crippen molar-refractivity contribution in [1.29, 1.82) is 0 Å². The third-order valence-corrected chi connectivity index (χ3v) is 3.42. The first-order valence-corrected chi connectivity index (χ1v) is 5.63. The number of aryl methyl sites for hydroxylation is 1. The molecule has 0 saturated heterocycles. The summed E-state index contributed by atoms with van der Waals surface area (Å²) in [5.74, 6) is 0. The molecule has 0 unspecified atom stereocenters. The number of aldehydes is 1. The van der Waals surface area contributed by atoms with Gasteiger partial charge in [-0.2, -0.15) is 0 Å². The minimum atomic E-state index is 0.621. The molecule has 4 heteroatoms. The predicted molar refractivity (Wildman–Crippen MR) is 65.8 cm³/mol. The molecule has 3 aromatic rings. The minimum absolute atomic E-state index is 0.621. The van der Waals surface area contributed by atoms with Crippen LogP contribution in [0.5, 0.6) is 0 Å². The SMILES string of the molecule is Cn1c(C=O)cc2c3cccc(Br)c3oc21. The van der Waals surface area contributed by atoms with E-state index in [1.54, 1.807) is 4.57 Å². The summed E-state index contributed by atoms with van der Waals surface area (Å²) in [4.78, 5) is 10.8. The van der Waals surface area contributed by atoms with Gasteiger partial charge in [0.1, 0.15) is 0 Å². The van der Waals surface area contributed by atoms with Crippen molar-refractivity contribution in [3.05, 3.63) is 34.4 Å². The highest BCUT2D eigenvalue weighted by atomic mass is 79.9. The molecule has 16 heavy (non-hydrogen) atoms. The van der Waals surface area contributed by atoms with Gasteiger partial charge < -0.3 is 8.98 Å². The van der Waals surface area contributed by atoms with Crippen molar-refractivity contribution in [1.82, 2.24) is 4.57 Å². The Bertz CT molecular complexity index is 709. The standard InChI is InChI=1S/C12H8BrNO2/c1-14-7(6-15)5-9-8-3-2-4-10(13)11(8)16-12(9)14/h2-6H,1H3. The quantitative estimate of drug-likeness (QED) is 0.638. The normalized spacial score (nSPS) is 11.4. The molecule has 0 amide bonds. The van der Waals surface area contributed by atoms with Gasteiger partial charge in [0.05, 0.1) is 10.2 Å². The summed E-state index contributed by atoms with van der Waals surface area (Å²) in [7, 11) is 1.82. The van der Waals surface area contributed by atoms with E-state index in [-0.39, 0.29) is 0 Å². The summed E-state index contributed by atoms with van der Waals surface area (Å²) in [5, 5.41) is 1.99. The summed E-state index contributed by atoms with van der Waals surface area (Å²) in [6.07, 6.45) is 0.833. The maximum absolute atomic E-state index is 10.8. The molecule has 0 aliphatic rings. The smallest absolute Gasteiger partial charge is 0.208 e. The lowest BCUT2D eigenvalue weighted by atomic mass is 10.2. The summed E-state index contributed by atoms with van der Waals surface area (Å²) >= 11 is 3.45. The van der Waals surface area contributed by atoms with E-state index in [0.29, 0.717) is 5.69 Å². The van der Waals surface area contributed by atoms with Crippen molar-refractivity contribution in [2.24, 2.45) is 7.05 Å². The van der Waals surface area contributed by atoms with Crippen molar-refractivity contribution in [3.8, 4) is 0 Å². The molecule has 0 radical (unpaired) electrons. The highest BCUT2D eigenvalue weighted by Gasteiger charge is 2.14. The maximum atomic E-state index is 10.8. The van der Waals surface area contributed by atoms with E-state index in [0.717, 1.165) is 32.8 Å². The van der Waals surface area contributed by atoms with Gasteiger partial charge in [-0.15, -0.1) is 0 Å². The van der Waals surface area contributed by atoms with Gasteiger partial charge in [-0.1, -0.05) is 12.1 Å². The van der Waals surface area contributed by atoms with Gasteiger partial charge >= 0.3 is 0 Å². The molecule has 80 valence electrons. The Kier molecular flexibility index (Phi) is 1.94. The Morgan fingerprint density at radius 3 is 2.94 bits per heavy atom. The number of carbonyl (C=O) groups excluding carboxylic acids is 1. The molecular weight excluding hydrogens is 270 g/mol. The van der Waals surface area contributed by atoms with Crippen LogP contribution >= 0.6 is 15.9 Å².